The summed E-state index contributed by atoms with van der Waals surface area (Å²) in [6.45, 7) is 3.31. The molecule has 0 saturated heterocycles. The van der Waals surface area contributed by atoms with Gasteiger partial charge in [0.05, 0.1) is 15.7 Å². The van der Waals surface area contributed by atoms with Crippen molar-refractivity contribution in [1.82, 2.24) is 0 Å². The number of rotatable bonds is 5. The van der Waals surface area contributed by atoms with Crippen LogP contribution in [0, 0.1) is 3.57 Å². The summed E-state index contributed by atoms with van der Waals surface area (Å²) in [5.41, 5.74) is 2.20. The van der Waals surface area contributed by atoms with E-state index in [0.29, 0.717) is 26.0 Å². The third kappa shape index (κ3) is 4.19. The van der Waals surface area contributed by atoms with Gasteiger partial charge in [0.1, 0.15) is 6.29 Å². The molecule has 0 amide bonds. The van der Waals surface area contributed by atoms with E-state index in [2.05, 4.69) is 0 Å². The molecule has 0 N–H and O–H groups in total. The molecular weight excluding hydrogens is 423 g/mol. The third-order valence-corrected chi connectivity index (χ3v) is 3.96. The standard InChI is InChI=1S/C18H15IO5/c1-3-23-18(22)14-8-15(13-6-4-12(10-20)5-7-13)17(16(19)9-14)24-11(2)21/h4-10H,3H2,1-2H3. The van der Waals surface area contributed by atoms with E-state index in [-0.39, 0.29) is 6.61 Å². The van der Waals surface area contributed by atoms with Gasteiger partial charge in [0.15, 0.2) is 5.75 Å². The van der Waals surface area contributed by atoms with Crippen molar-refractivity contribution in [3.63, 3.8) is 0 Å². The molecule has 0 fully saturated rings. The number of ether oxygens (including phenoxy) is 2. The summed E-state index contributed by atoms with van der Waals surface area (Å²) >= 11 is 2.01. The van der Waals surface area contributed by atoms with Crippen molar-refractivity contribution in [3.05, 3.63) is 51.1 Å². The molecule has 0 aromatic heterocycles. The highest BCUT2D eigenvalue weighted by atomic mass is 127. The highest BCUT2D eigenvalue weighted by molar-refractivity contribution is 14.1. The number of esters is 2. The molecule has 2 aromatic rings. The zero-order chi connectivity index (χ0) is 17.7. The Morgan fingerprint density at radius 3 is 2.38 bits per heavy atom. The lowest BCUT2D eigenvalue weighted by Crippen LogP contribution is -2.08. The monoisotopic (exact) mass is 438 g/mol. The molecule has 6 heteroatoms. The topological polar surface area (TPSA) is 69.7 Å². The number of hydrogen-bond donors (Lipinski definition) is 0. The van der Waals surface area contributed by atoms with E-state index in [4.69, 9.17) is 9.47 Å². The zero-order valence-electron chi connectivity index (χ0n) is 13.2. The Hall–Kier alpha value is -2.22. The third-order valence-electron chi connectivity index (χ3n) is 3.16. The van der Waals surface area contributed by atoms with Crippen LogP contribution in [0.4, 0.5) is 0 Å². The average molecular weight is 438 g/mol. The van der Waals surface area contributed by atoms with Crippen LogP contribution >= 0.6 is 22.6 Å². The first-order valence-corrected chi connectivity index (χ1v) is 8.28. The fourth-order valence-electron chi connectivity index (χ4n) is 2.13. The van der Waals surface area contributed by atoms with Crippen LogP contribution in [0.2, 0.25) is 0 Å². The van der Waals surface area contributed by atoms with E-state index in [0.717, 1.165) is 11.8 Å². The minimum absolute atomic E-state index is 0.268. The Balaban J connectivity index is 2.60. The van der Waals surface area contributed by atoms with Crippen molar-refractivity contribution < 1.29 is 23.9 Å². The van der Waals surface area contributed by atoms with Gasteiger partial charge in [-0.1, -0.05) is 24.3 Å². The Kier molecular flexibility index (Phi) is 6.08. The van der Waals surface area contributed by atoms with Crippen molar-refractivity contribution in [2.45, 2.75) is 13.8 Å². The maximum absolute atomic E-state index is 12.0. The first-order valence-electron chi connectivity index (χ1n) is 7.21. The van der Waals surface area contributed by atoms with Crippen molar-refractivity contribution in [1.29, 1.82) is 0 Å². The fraction of sp³-hybridized carbons (Fsp3) is 0.167. The molecule has 0 unspecified atom stereocenters. The van der Waals surface area contributed by atoms with Gasteiger partial charge in [-0.15, -0.1) is 0 Å². The molecule has 0 saturated carbocycles. The van der Waals surface area contributed by atoms with Crippen molar-refractivity contribution in [2.75, 3.05) is 6.61 Å². The summed E-state index contributed by atoms with van der Waals surface area (Å²) in [4.78, 5) is 34.2. The van der Waals surface area contributed by atoms with E-state index in [1.165, 1.54) is 6.92 Å². The number of halogens is 1. The Morgan fingerprint density at radius 2 is 1.83 bits per heavy atom. The predicted octanol–water partition coefficient (Wildman–Crippen LogP) is 3.87. The highest BCUT2D eigenvalue weighted by Gasteiger charge is 2.18. The second kappa shape index (κ2) is 8.05. The van der Waals surface area contributed by atoms with E-state index in [1.807, 2.05) is 22.6 Å². The highest BCUT2D eigenvalue weighted by Crippen LogP contribution is 2.36. The molecule has 0 aliphatic rings. The molecule has 0 heterocycles. The summed E-state index contributed by atoms with van der Waals surface area (Å²) in [6.07, 6.45) is 0.746. The molecule has 124 valence electrons. The minimum Gasteiger partial charge on any atom is -0.462 e. The zero-order valence-corrected chi connectivity index (χ0v) is 15.3. The number of carbonyl (C=O) groups is 3. The number of benzene rings is 2. The number of hydrogen-bond acceptors (Lipinski definition) is 5. The molecule has 2 aromatic carbocycles. The van der Waals surface area contributed by atoms with E-state index in [1.54, 1.807) is 43.3 Å². The maximum Gasteiger partial charge on any atom is 0.338 e. The normalized spacial score (nSPS) is 10.1. The van der Waals surface area contributed by atoms with Crippen LogP contribution in [0.25, 0.3) is 11.1 Å². The van der Waals surface area contributed by atoms with Crippen molar-refractivity contribution >= 4 is 40.8 Å². The largest absolute Gasteiger partial charge is 0.462 e. The smallest absolute Gasteiger partial charge is 0.338 e. The van der Waals surface area contributed by atoms with Crippen molar-refractivity contribution in [2.24, 2.45) is 0 Å². The Morgan fingerprint density at radius 1 is 1.17 bits per heavy atom. The molecular formula is C18H15IO5. The molecule has 0 aliphatic heterocycles. The SMILES string of the molecule is CCOC(=O)c1cc(I)c(OC(C)=O)c(-c2ccc(C=O)cc2)c1. The molecule has 2 rings (SSSR count). The van der Waals surface area contributed by atoms with E-state index in [9.17, 15) is 14.4 Å². The first kappa shape index (κ1) is 18.1. The van der Waals surface area contributed by atoms with Gasteiger partial charge in [-0.05, 0) is 47.2 Å². The second-order valence-corrected chi connectivity index (χ2v) is 6.05. The van der Waals surface area contributed by atoms with Gasteiger partial charge >= 0.3 is 11.9 Å². The second-order valence-electron chi connectivity index (χ2n) is 4.89. The van der Waals surface area contributed by atoms with Crippen LogP contribution in [-0.4, -0.2) is 24.8 Å². The summed E-state index contributed by atoms with van der Waals surface area (Å²) in [5.74, 6) is -0.534. The van der Waals surface area contributed by atoms with E-state index >= 15 is 0 Å². The summed E-state index contributed by atoms with van der Waals surface area (Å²) in [6, 6.07) is 10.0. The van der Waals surface area contributed by atoms with Crippen LogP contribution in [0.3, 0.4) is 0 Å². The van der Waals surface area contributed by atoms with Gasteiger partial charge in [-0.2, -0.15) is 0 Å². The Labute approximate surface area is 153 Å². The number of carbonyl (C=O) groups excluding carboxylic acids is 3. The van der Waals surface area contributed by atoms with Gasteiger partial charge in [0.25, 0.3) is 0 Å². The van der Waals surface area contributed by atoms with Gasteiger partial charge in [-0.3, -0.25) is 9.59 Å². The van der Waals surface area contributed by atoms with Crippen LogP contribution in [0.1, 0.15) is 34.6 Å². The van der Waals surface area contributed by atoms with Crippen LogP contribution < -0.4 is 4.74 Å². The lowest BCUT2D eigenvalue weighted by atomic mass is 10.0. The quantitative estimate of drug-likeness (QED) is 0.307. The summed E-state index contributed by atoms with van der Waals surface area (Å²) in [7, 11) is 0. The predicted molar refractivity (Wildman–Crippen MR) is 97.2 cm³/mol. The Bertz CT molecular complexity index is 781. The summed E-state index contributed by atoms with van der Waals surface area (Å²) < 4.78 is 11.0. The molecule has 0 radical (unpaired) electrons. The molecule has 0 atom stereocenters. The van der Waals surface area contributed by atoms with Gasteiger partial charge in [0.2, 0.25) is 0 Å². The van der Waals surface area contributed by atoms with Gasteiger partial charge < -0.3 is 9.47 Å². The maximum atomic E-state index is 12.0. The van der Waals surface area contributed by atoms with Crippen LogP contribution in [0.5, 0.6) is 5.75 Å². The fourth-order valence-corrected chi connectivity index (χ4v) is 2.86. The lowest BCUT2D eigenvalue weighted by Gasteiger charge is -2.13. The number of aldehydes is 1. The van der Waals surface area contributed by atoms with Gasteiger partial charge in [0, 0.05) is 18.1 Å². The average Bonchev–Trinajstić information content (AvgIpc) is 2.56. The van der Waals surface area contributed by atoms with Crippen LogP contribution in [-0.2, 0) is 9.53 Å². The van der Waals surface area contributed by atoms with E-state index < -0.39 is 11.9 Å². The molecule has 0 spiro atoms. The lowest BCUT2D eigenvalue weighted by molar-refractivity contribution is -0.131. The minimum atomic E-state index is -0.456. The first-order chi connectivity index (χ1) is 11.5. The molecule has 0 bridgehead atoms. The van der Waals surface area contributed by atoms with Crippen LogP contribution in [0.15, 0.2) is 36.4 Å². The summed E-state index contributed by atoms with van der Waals surface area (Å²) in [5, 5.41) is 0. The van der Waals surface area contributed by atoms with Crippen molar-refractivity contribution in [3.8, 4) is 16.9 Å². The molecule has 24 heavy (non-hydrogen) atoms. The van der Waals surface area contributed by atoms with Gasteiger partial charge in [-0.25, -0.2) is 4.79 Å². The molecule has 5 nitrogen and oxygen atoms in total. The molecule has 0 aliphatic carbocycles.